The number of carbonyl (C=O) groups is 1. The monoisotopic (exact) mass is 191 g/mol. The lowest BCUT2D eigenvalue weighted by Gasteiger charge is -2.04. The van der Waals surface area contributed by atoms with Gasteiger partial charge >= 0.3 is 5.97 Å². The van der Waals surface area contributed by atoms with E-state index >= 15 is 0 Å². The minimum absolute atomic E-state index is 0.358. The zero-order valence-electron chi connectivity index (χ0n) is 7.90. The van der Waals surface area contributed by atoms with Crippen LogP contribution in [0.2, 0.25) is 0 Å². The molecule has 4 heteroatoms. The first-order valence-electron chi connectivity index (χ1n) is 4.18. The Hall–Kier alpha value is -1.84. The third kappa shape index (κ3) is 1.35. The number of hydrogen-bond donors (Lipinski definition) is 0. The SMILES string of the molecule is CC(=O)Oc1c(C)ncc2cocc12. The fraction of sp³-hybridized carbons (Fsp3) is 0.200. The molecular formula is C10H9NO3. The number of ether oxygens (including phenoxy) is 1. The minimum Gasteiger partial charge on any atom is -0.471 e. The summed E-state index contributed by atoms with van der Waals surface area (Å²) in [4.78, 5) is 14.9. The standard InChI is InChI=1S/C10H9NO3/c1-6-10(14-7(2)12)9-5-13-4-8(9)3-11-6/h3-5H,1-2H3. The van der Waals surface area contributed by atoms with Crippen LogP contribution in [-0.2, 0) is 4.79 Å². The van der Waals surface area contributed by atoms with Gasteiger partial charge in [0.1, 0.15) is 6.26 Å². The summed E-state index contributed by atoms with van der Waals surface area (Å²) in [6, 6.07) is 0. The first-order chi connectivity index (χ1) is 6.68. The Labute approximate surface area is 80.5 Å². The Balaban J connectivity index is 2.64. The van der Waals surface area contributed by atoms with E-state index in [1.165, 1.54) is 6.92 Å². The molecule has 0 aliphatic carbocycles. The Kier molecular flexibility index (Phi) is 1.96. The number of esters is 1. The first kappa shape index (κ1) is 8.74. The molecule has 0 unspecified atom stereocenters. The molecule has 0 N–H and O–H groups in total. The lowest BCUT2D eigenvalue weighted by atomic mass is 10.2. The minimum atomic E-state index is -0.358. The molecule has 0 aliphatic heterocycles. The molecule has 0 aromatic carbocycles. The van der Waals surface area contributed by atoms with Crippen LogP contribution >= 0.6 is 0 Å². The largest absolute Gasteiger partial charge is 0.471 e. The van der Waals surface area contributed by atoms with E-state index in [1.807, 2.05) is 0 Å². The van der Waals surface area contributed by atoms with Gasteiger partial charge < -0.3 is 9.15 Å². The molecule has 4 nitrogen and oxygen atoms in total. The van der Waals surface area contributed by atoms with Crippen LogP contribution < -0.4 is 4.74 Å². The molecular weight excluding hydrogens is 182 g/mol. The van der Waals surface area contributed by atoms with Gasteiger partial charge in [0.15, 0.2) is 5.75 Å². The zero-order valence-corrected chi connectivity index (χ0v) is 7.90. The summed E-state index contributed by atoms with van der Waals surface area (Å²) in [7, 11) is 0. The van der Waals surface area contributed by atoms with Crippen LogP contribution in [0.5, 0.6) is 5.75 Å². The highest BCUT2D eigenvalue weighted by Crippen LogP contribution is 2.28. The van der Waals surface area contributed by atoms with Gasteiger partial charge in [-0.2, -0.15) is 0 Å². The maximum absolute atomic E-state index is 10.9. The topological polar surface area (TPSA) is 52.3 Å². The Morgan fingerprint density at radius 3 is 3.00 bits per heavy atom. The van der Waals surface area contributed by atoms with Gasteiger partial charge in [0.2, 0.25) is 0 Å². The molecule has 0 aliphatic rings. The van der Waals surface area contributed by atoms with Crippen LogP contribution in [0.15, 0.2) is 23.1 Å². The molecule has 72 valence electrons. The molecule has 2 aromatic rings. The second kappa shape index (κ2) is 3.14. The van der Waals surface area contributed by atoms with Gasteiger partial charge in [0.25, 0.3) is 0 Å². The van der Waals surface area contributed by atoms with Crippen LogP contribution in [0.4, 0.5) is 0 Å². The van der Waals surface area contributed by atoms with Crippen molar-refractivity contribution >= 4 is 16.7 Å². The molecule has 0 fully saturated rings. The second-order valence-corrected chi connectivity index (χ2v) is 3.01. The van der Waals surface area contributed by atoms with E-state index in [1.54, 1.807) is 25.6 Å². The van der Waals surface area contributed by atoms with E-state index in [-0.39, 0.29) is 5.97 Å². The van der Waals surface area contributed by atoms with Gasteiger partial charge in [-0.15, -0.1) is 0 Å². The summed E-state index contributed by atoms with van der Waals surface area (Å²) in [5, 5.41) is 1.60. The summed E-state index contributed by atoms with van der Waals surface area (Å²) < 4.78 is 10.1. The first-order valence-corrected chi connectivity index (χ1v) is 4.18. The van der Waals surface area contributed by atoms with E-state index in [0.717, 1.165) is 10.8 Å². The van der Waals surface area contributed by atoms with Crippen LogP contribution in [0.25, 0.3) is 10.8 Å². The number of hydrogen-bond acceptors (Lipinski definition) is 4. The Morgan fingerprint density at radius 2 is 2.29 bits per heavy atom. The molecule has 14 heavy (non-hydrogen) atoms. The van der Waals surface area contributed by atoms with Crippen LogP contribution in [0, 0.1) is 6.92 Å². The number of nitrogens with zero attached hydrogens (tertiary/aromatic N) is 1. The lowest BCUT2D eigenvalue weighted by Crippen LogP contribution is -2.03. The maximum atomic E-state index is 10.9. The van der Waals surface area contributed by atoms with Crippen molar-refractivity contribution < 1.29 is 13.9 Å². The van der Waals surface area contributed by atoms with Crippen molar-refractivity contribution in [3.63, 3.8) is 0 Å². The van der Waals surface area contributed by atoms with Crippen molar-refractivity contribution in [3.05, 3.63) is 24.4 Å². The molecule has 0 bridgehead atoms. The number of furan rings is 1. The average molecular weight is 191 g/mol. The molecule has 0 saturated carbocycles. The van der Waals surface area contributed by atoms with E-state index in [4.69, 9.17) is 9.15 Å². The maximum Gasteiger partial charge on any atom is 0.308 e. The fourth-order valence-corrected chi connectivity index (χ4v) is 1.28. The summed E-state index contributed by atoms with van der Waals surface area (Å²) in [6.45, 7) is 3.14. The van der Waals surface area contributed by atoms with Crippen molar-refractivity contribution in [3.8, 4) is 5.75 Å². The lowest BCUT2D eigenvalue weighted by molar-refractivity contribution is -0.131. The highest BCUT2D eigenvalue weighted by atomic mass is 16.5. The highest BCUT2D eigenvalue weighted by molar-refractivity contribution is 5.89. The van der Waals surface area contributed by atoms with E-state index in [9.17, 15) is 4.79 Å². The van der Waals surface area contributed by atoms with Gasteiger partial charge in [-0.05, 0) is 6.92 Å². The third-order valence-corrected chi connectivity index (χ3v) is 1.91. The van der Waals surface area contributed by atoms with Gasteiger partial charge in [-0.3, -0.25) is 9.78 Å². The molecule has 2 heterocycles. The summed E-state index contributed by atoms with van der Waals surface area (Å²) in [6.07, 6.45) is 4.79. The number of carbonyl (C=O) groups excluding carboxylic acids is 1. The summed E-state index contributed by atoms with van der Waals surface area (Å²) in [5.74, 6) is 0.118. The Bertz CT molecular complexity index is 487. The van der Waals surface area contributed by atoms with Crippen LogP contribution in [0.3, 0.4) is 0 Å². The van der Waals surface area contributed by atoms with Crippen LogP contribution in [-0.4, -0.2) is 11.0 Å². The Morgan fingerprint density at radius 1 is 1.50 bits per heavy atom. The highest BCUT2D eigenvalue weighted by Gasteiger charge is 2.10. The second-order valence-electron chi connectivity index (χ2n) is 3.01. The molecule has 2 rings (SSSR count). The zero-order chi connectivity index (χ0) is 10.1. The van der Waals surface area contributed by atoms with Crippen LogP contribution in [0.1, 0.15) is 12.6 Å². The van der Waals surface area contributed by atoms with Crippen molar-refractivity contribution in [2.45, 2.75) is 13.8 Å². The molecule has 0 spiro atoms. The third-order valence-electron chi connectivity index (χ3n) is 1.91. The summed E-state index contributed by atoms with van der Waals surface area (Å²) >= 11 is 0. The number of fused-ring (bicyclic) bond motifs is 1. The smallest absolute Gasteiger partial charge is 0.308 e. The van der Waals surface area contributed by atoms with Gasteiger partial charge in [-0.1, -0.05) is 0 Å². The number of aryl methyl sites for hydroxylation is 1. The molecule has 0 saturated heterocycles. The van der Waals surface area contributed by atoms with E-state index < -0.39 is 0 Å². The predicted octanol–water partition coefficient (Wildman–Crippen LogP) is 2.06. The van der Waals surface area contributed by atoms with Gasteiger partial charge in [-0.25, -0.2) is 0 Å². The molecule has 2 aromatic heterocycles. The normalized spacial score (nSPS) is 10.4. The number of rotatable bonds is 1. The van der Waals surface area contributed by atoms with Crippen molar-refractivity contribution in [1.82, 2.24) is 4.98 Å². The van der Waals surface area contributed by atoms with Crippen molar-refractivity contribution in [2.75, 3.05) is 0 Å². The van der Waals surface area contributed by atoms with E-state index in [0.29, 0.717) is 11.4 Å². The quantitative estimate of drug-likeness (QED) is 0.647. The average Bonchev–Trinajstić information content (AvgIpc) is 2.57. The van der Waals surface area contributed by atoms with Crippen molar-refractivity contribution in [2.24, 2.45) is 0 Å². The van der Waals surface area contributed by atoms with Gasteiger partial charge in [0.05, 0.1) is 17.3 Å². The molecule has 0 radical (unpaired) electrons. The van der Waals surface area contributed by atoms with E-state index in [2.05, 4.69) is 4.98 Å². The van der Waals surface area contributed by atoms with Crippen molar-refractivity contribution in [1.29, 1.82) is 0 Å². The summed E-state index contributed by atoms with van der Waals surface area (Å²) in [5.41, 5.74) is 0.675. The predicted molar refractivity (Wildman–Crippen MR) is 50.1 cm³/mol. The van der Waals surface area contributed by atoms with Gasteiger partial charge in [0, 0.05) is 18.5 Å². The molecule has 0 atom stereocenters. The fourth-order valence-electron chi connectivity index (χ4n) is 1.28. The molecule has 0 amide bonds. The number of pyridine rings is 1. The number of aromatic nitrogens is 1.